The summed E-state index contributed by atoms with van der Waals surface area (Å²) in [5, 5.41) is 9.66. The molecular weight excluding hydrogens is 288 g/mol. The summed E-state index contributed by atoms with van der Waals surface area (Å²) in [4.78, 5) is 15.5. The van der Waals surface area contributed by atoms with Crippen molar-refractivity contribution < 1.29 is 14.6 Å². The number of ether oxygens (including phenoxy) is 1. The number of rotatable bonds is 5. The fourth-order valence-corrected chi connectivity index (χ4v) is 3.41. The van der Waals surface area contributed by atoms with E-state index in [2.05, 4.69) is 9.55 Å². The molecule has 5 nitrogen and oxygen atoms in total. The standard InChI is InChI=1S/C15H18N2O3S/c1-10-4-2-6-12-14(10)16-15(21-9-13(18)19)17(12)8-11-5-3-7-20-11/h2,4,6,11H,3,5,7-9H2,1H3,(H,18,19). The van der Waals surface area contributed by atoms with Crippen LogP contribution in [-0.2, 0) is 16.1 Å². The van der Waals surface area contributed by atoms with Gasteiger partial charge < -0.3 is 14.4 Å². The number of aliphatic carboxylic acids is 1. The Labute approximate surface area is 127 Å². The number of carbonyl (C=O) groups is 1. The van der Waals surface area contributed by atoms with Crippen LogP contribution in [0.15, 0.2) is 23.4 Å². The lowest BCUT2D eigenvalue weighted by atomic mass is 10.2. The van der Waals surface area contributed by atoms with Gasteiger partial charge in [0.15, 0.2) is 5.16 Å². The van der Waals surface area contributed by atoms with Crippen LogP contribution in [0.4, 0.5) is 0 Å². The Morgan fingerprint density at radius 3 is 3.14 bits per heavy atom. The fraction of sp³-hybridized carbons (Fsp3) is 0.467. The third kappa shape index (κ3) is 3.06. The van der Waals surface area contributed by atoms with E-state index < -0.39 is 5.97 Å². The summed E-state index contributed by atoms with van der Waals surface area (Å²) >= 11 is 1.27. The second-order valence-electron chi connectivity index (χ2n) is 5.27. The molecule has 2 aromatic rings. The van der Waals surface area contributed by atoms with Gasteiger partial charge in [0.25, 0.3) is 0 Å². The van der Waals surface area contributed by atoms with Crippen LogP contribution in [0.2, 0.25) is 0 Å². The number of nitrogens with zero attached hydrogens (tertiary/aromatic N) is 2. The van der Waals surface area contributed by atoms with Crippen molar-refractivity contribution >= 4 is 28.8 Å². The molecule has 0 aliphatic carbocycles. The first-order valence-corrected chi connectivity index (χ1v) is 8.06. The number of hydrogen-bond acceptors (Lipinski definition) is 4. The van der Waals surface area contributed by atoms with Crippen molar-refractivity contribution in [2.75, 3.05) is 12.4 Å². The molecular formula is C15H18N2O3S. The first-order chi connectivity index (χ1) is 10.1. The van der Waals surface area contributed by atoms with Crippen molar-refractivity contribution in [3.63, 3.8) is 0 Å². The van der Waals surface area contributed by atoms with Crippen LogP contribution in [0.3, 0.4) is 0 Å². The number of aryl methyl sites for hydroxylation is 1. The minimum absolute atomic E-state index is 0.0217. The van der Waals surface area contributed by atoms with E-state index in [1.54, 1.807) is 0 Å². The highest BCUT2D eigenvalue weighted by molar-refractivity contribution is 7.99. The Bertz CT molecular complexity index is 662. The zero-order chi connectivity index (χ0) is 14.8. The van der Waals surface area contributed by atoms with Gasteiger partial charge in [-0.2, -0.15) is 0 Å². The van der Waals surface area contributed by atoms with Crippen LogP contribution in [0.25, 0.3) is 11.0 Å². The van der Waals surface area contributed by atoms with E-state index in [1.165, 1.54) is 11.8 Å². The molecule has 2 heterocycles. The van der Waals surface area contributed by atoms with E-state index in [1.807, 2.05) is 25.1 Å². The number of fused-ring (bicyclic) bond motifs is 1. The molecule has 0 bridgehead atoms. The lowest BCUT2D eigenvalue weighted by Crippen LogP contribution is -2.16. The lowest BCUT2D eigenvalue weighted by Gasteiger charge is -2.13. The van der Waals surface area contributed by atoms with E-state index in [4.69, 9.17) is 9.84 Å². The minimum Gasteiger partial charge on any atom is -0.481 e. The minimum atomic E-state index is -0.826. The highest BCUT2D eigenvalue weighted by atomic mass is 32.2. The lowest BCUT2D eigenvalue weighted by molar-refractivity contribution is -0.133. The smallest absolute Gasteiger partial charge is 0.313 e. The largest absolute Gasteiger partial charge is 0.481 e. The van der Waals surface area contributed by atoms with Crippen molar-refractivity contribution in [1.29, 1.82) is 0 Å². The van der Waals surface area contributed by atoms with Crippen LogP contribution in [0.5, 0.6) is 0 Å². The Hall–Kier alpha value is -1.53. The van der Waals surface area contributed by atoms with Gasteiger partial charge in [-0.25, -0.2) is 4.98 Å². The molecule has 1 N–H and O–H groups in total. The van der Waals surface area contributed by atoms with Gasteiger partial charge in [0.05, 0.1) is 29.4 Å². The molecule has 112 valence electrons. The number of aromatic nitrogens is 2. The molecule has 1 fully saturated rings. The van der Waals surface area contributed by atoms with Crippen molar-refractivity contribution in [2.45, 2.75) is 37.6 Å². The Morgan fingerprint density at radius 1 is 1.57 bits per heavy atom. The van der Waals surface area contributed by atoms with E-state index >= 15 is 0 Å². The number of carboxylic acid groups (broad SMARTS) is 1. The van der Waals surface area contributed by atoms with Crippen LogP contribution in [0, 0.1) is 6.92 Å². The maximum absolute atomic E-state index is 10.8. The summed E-state index contributed by atoms with van der Waals surface area (Å²) in [6, 6.07) is 6.07. The molecule has 3 rings (SSSR count). The van der Waals surface area contributed by atoms with Crippen LogP contribution in [0.1, 0.15) is 18.4 Å². The summed E-state index contributed by atoms with van der Waals surface area (Å²) in [6.45, 7) is 3.58. The molecule has 0 spiro atoms. The number of thioether (sulfide) groups is 1. The third-order valence-corrected chi connectivity index (χ3v) is 4.64. The van der Waals surface area contributed by atoms with E-state index in [9.17, 15) is 4.79 Å². The van der Waals surface area contributed by atoms with Crippen molar-refractivity contribution in [3.8, 4) is 0 Å². The molecule has 1 unspecified atom stereocenters. The maximum atomic E-state index is 10.8. The number of hydrogen-bond donors (Lipinski definition) is 1. The number of para-hydroxylation sites is 1. The number of benzene rings is 1. The van der Waals surface area contributed by atoms with Crippen molar-refractivity contribution in [2.24, 2.45) is 0 Å². The molecule has 0 saturated carbocycles. The third-order valence-electron chi connectivity index (χ3n) is 3.68. The van der Waals surface area contributed by atoms with E-state index in [0.29, 0.717) is 0 Å². The zero-order valence-electron chi connectivity index (χ0n) is 11.9. The first-order valence-electron chi connectivity index (χ1n) is 7.07. The predicted molar refractivity (Wildman–Crippen MR) is 81.8 cm³/mol. The van der Waals surface area contributed by atoms with Gasteiger partial charge in [-0.05, 0) is 31.4 Å². The average molecular weight is 306 g/mol. The Kier molecular flexibility index (Phi) is 4.17. The Morgan fingerprint density at radius 2 is 2.43 bits per heavy atom. The van der Waals surface area contributed by atoms with Gasteiger partial charge in [-0.3, -0.25) is 4.79 Å². The molecule has 1 aliphatic rings. The summed E-state index contributed by atoms with van der Waals surface area (Å²) in [6.07, 6.45) is 2.34. The quantitative estimate of drug-likeness (QED) is 0.860. The molecule has 1 aromatic heterocycles. The molecule has 1 saturated heterocycles. The van der Waals surface area contributed by atoms with Crippen LogP contribution in [-0.4, -0.2) is 39.1 Å². The molecule has 0 radical (unpaired) electrons. The highest BCUT2D eigenvalue weighted by Gasteiger charge is 2.20. The normalized spacial score (nSPS) is 18.4. The monoisotopic (exact) mass is 306 g/mol. The van der Waals surface area contributed by atoms with Gasteiger partial charge in [0.2, 0.25) is 0 Å². The second kappa shape index (κ2) is 6.07. The summed E-state index contributed by atoms with van der Waals surface area (Å²) in [7, 11) is 0. The summed E-state index contributed by atoms with van der Waals surface area (Å²) in [5.74, 6) is -0.805. The van der Waals surface area contributed by atoms with E-state index in [0.717, 1.165) is 47.7 Å². The molecule has 1 aliphatic heterocycles. The number of imidazole rings is 1. The Balaban J connectivity index is 1.97. The van der Waals surface area contributed by atoms with Crippen LogP contribution < -0.4 is 0 Å². The molecule has 1 aromatic carbocycles. The maximum Gasteiger partial charge on any atom is 0.313 e. The molecule has 21 heavy (non-hydrogen) atoms. The molecule has 1 atom stereocenters. The SMILES string of the molecule is Cc1cccc2c1nc(SCC(=O)O)n2CC1CCCO1. The van der Waals surface area contributed by atoms with Gasteiger partial charge in [0, 0.05) is 6.61 Å². The molecule has 6 heteroatoms. The van der Waals surface area contributed by atoms with Gasteiger partial charge in [-0.1, -0.05) is 23.9 Å². The van der Waals surface area contributed by atoms with Gasteiger partial charge in [0.1, 0.15) is 0 Å². The summed E-state index contributed by atoms with van der Waals surface area (Å²) < 4.78 is 7.81. The topological polar surface area (TPSA) is 64.3 Å². The highest BCUT2D eigenvalue weighted by Crippen LogP contribution is 2.28. The van der Waals surface area contributed by atoms with Gasteiger partial charge in [-0.15, -0.1) is 0 Å². The average Bonchev–Trinajstić information content (AvgIpc) is 3.07. The fourth-order valence-electron chi connectivity index (χ4n) is 2.67. The predicted octanol–water partition coefficient (Wildman–Crippen LogP) is 2.70. The number of carboxylic acids is 1. The van der Waals surface area contributed by atoms with Crippen LogP contribution >= 0.6 is 11.8 Å². The second-order valence-corrected chi connectivity index (χ2v) is 6.21. The molecule has 0 amide bonds. The zero-order valence-corrected chi connectivity index (χ0v) is 12.7. The van der Waals surface area contributed by atoms with Gasteiger partial charge >= 0.3 is 5.97 Å². The van der Waals surface area contributed by atoms with E-state index in [-0.39, 0.29) is 11.9 Å². The van der Waals surface area contributed by atoms with Crippen molar-refractivity contribution in [1.82, 2.24) is 9.55 Å². The van der Waals surface area contributed by atoms with Crippen molar-refractivity contribution in [3.05, 3.63) is 23.8 Å². The first kappa shape index (κ1) is 14.4. The summed E-state index contributed by atoms with van der Waals surface area (Å²) in [5.41, 5.74) is 3.11.